The summed E-state index contributed by atoms with van der Waals surface area (Å²) < 4.78 is 5.13. The number of anilines is 2. The maximum absolute atomic E-state index is 12.2. The molecule has 4 heteroatoms. The van der Waals surface area contributed by atoms with Gasteiger partial charge in [-0.1, -0.05) is 17.2 Å². The molecule has 104 valence electrons. The van der Waals surface area contributed by atoms with Gasteiger partial charge >= 0.3 is 0 Å². The monoisotopic (exact) mass is 270 g/mol. The van der Waals surface area contributed by atoms with E-state index in [1.54, 1.807) is 25.3 Å². The van der Waals surface area contributed by atoms with Crippen molar-refractivity contribution in [3.05, 3.63) is 53.1 Å². The summed E-state index contributed by atoms with van der Waals surface area (Å²) in [7, 11) is 1.54. The van der Waals surface area contributed by atoms with Gasteiger partial charge in [0, 0.05) is 17.3 Å². The summed E-state index contributed by atoms with van der Waals surface area (Å²) in [6.45, 7) is 3.94. The number of methoxy groups -OCH3 is 1. The van der Waals surface area contributed by atoms with Crippen LogP contribution in [0.5, 0.6) is 5.75 Å². The van der Waals surface area contributed by atoms with Crippen LogP contribution >= 0.6 is 0 Å². The molecule has 0 fully saturated rings. The standard InChI is InChI=1S/C16H18N2O2/c1-10-6-11(2)8-12(7-10)16(19)18-13-4-5-14(17)15(9-13)20-3/h4-9H,17H2,1-3H3,(H,18,19). The van der Waals surface area contributed by atoms with Crippen molar-refractivity contribution in [1.82, 2.24) is 0 Å². The molecular weight excluding hydrogens is 252 g/mol. The van der Waals surface area contributed by atoms with Gasteiger partial charge in [-0.2, -0.15) is 0 Å². The number of hydrogen-bond donors (Lipinski definition) is 2. The molecule has 0 aliphatic heterocycles. The lowest BCUT2D eigenvalue weighted by molar-refractivity contribution is 0.102. The highest BCUT2D eigenvalue weighted by atomic mass is 16.5. The number of carbonyl (C=O) groups is 1. The lowest BCUT2D eigenvalue weighted by atomic mass is 10.1. The average Bonchev–Trinajstić information content (AvgIpc) is 2.39. The Morgan fingerprint density at radius 2 is 1.75 bits per heavy atom. The number of benzene rings is 2. The van der Waals surface area contributed by atoms with E-state index in [0.717, 1.165) is 11.1 Å². The summed E-state index contributed by atoms with van der Waals surface area (Å²) in [4.78, 5) is 12.2. The van der Waals surface area contributed by atoms with Crippen molar-refractivity contribution >= 4 is 17.3 Å². The predicted octanol–water partition coefficient (Wildman–Crippen LogP) is 3.15. The molecule has 0 spiro atoms. The first-order valence-electron chi connectivity index (χ1n) is 6.33. The fraction of sp³-hybridized carbons (Fsp3) is 0.188. The smallest absolute Gasteiger partial charge is 0.255 e. The quantitative estimate of drug-likeness (QED) is 0.842. The Bertz CT molecular complexity index is 631. The number of ether oxygens (including phenoxy) is 1. The summed E-state index contributed by atoms with van der Waals surface area (Å²) in [6, 6.07) is 10.9. The fourth-order valence-electron chi connectivity index (χ4n) is 2.10. The minimum atomic E-state index is -0.149. The molecule has 20 heavy (non-hydrogen) atoms. The summed E-state index contributed by atoms with van der Waals surface area (Å²) in [5.41, 5.74) is 9.69. The average molecular weight is 270 g/mol. The molecule has 4 nitrogen and oxygen atoms in total. The van der Waals surface area contributed by atoms with E-state index in [-0.39, 0.29) is 5.91 Å². The number of hydrogen-bond acceptors (Lipinski definition) is 3. The molecule has 2 rings (SSSR count). The van der Waals surface area contributed by atoms with Crippen molar-refractivity contribution in [3.63, 3.8) is 0 Å². The van der Waals surface area contributed by atoms with Crippen molar-refractivity contribution in [2.45, 2.75) is 13.8 Å². The van der Waals surface area contributed by atoms with Gasteiger partial charge < -0.3 is 15.8 Å². The van der Waals surface area contributed by atoms with Gasteiger partial charge in [0.05, 0.1) is 12.8 Å². The minimum absolute atomic E-state index is 0.149. The molecule has 2 aromatic carbocycles. The molecule has 0 heterocycles. The second-order valence-electron chi connectivity index (χ2n) is 4.79. The molecule has 0 saturated carbocycles. The number of nitrogen functional groups attached to an aromatic ring is 1. The van der Waals surface area contributed by atoms with Crippen molar-refractivity contribution in [2.75, 3.05) is 18.2 Å². The Morgan fingerprint density at radius 3 is 2.35 bits per heavy atom. The molecule has 3 N–H and O–H groups in total. The van der Waals surface area contributed by atoms with Crippen LogP contribution in [0.2, 0.25) is 0 Å². The Labute approximate surface area is 118 Å². The molecule has 0 unspecified atom stereocenters. The second-order valence-corrected chi connectivity index (χ2v) is 4.79. The molecule has 0 saturated heterocycles. The Hall–Kier alpha value is -2.49. The van der Waals surface area contributed by atoms with Crippen LogP contribution in [0.1, 0.15) is 21.5 Å². The van der Waals surface area contributed by atoms with Gasteiger partial charge in [0.1, 0.15) is 5.75 Å². The number of nitrogens with two attached hydrogens (primary N) is 1. The maximum Gasteiger partial charge on any atom is 0.255 e. The van der Waals surface area contributed by atoms with Gasteiger partial charge in [0.25, 0.3) is 5.91 Å². The first-order valence-corrected chi connectivity index (χ1v) is 6.33. The van der Waals surface area contributed by atoms with Gasteiger partial charge in [-0.3, -0.25) is 4.79 Å². The third kappa shape index (κ3) is 3.09. The molecule has 0 atom stereocenters. The van der Waals surface area contributed by atoms with E-state index in [4.69, 9.17) is 10.5 Å². The third-order valence-electron chi connectivity index (χ3n) is 2.98. The molecule has 0 aliphatic carbocycles. The van der Waals surface area contributed by atoms with Crippen molar-refractivity contribution in [3.8, 4) is 5.75 Å². The highest BCUT2D eigenvalue weighted by molar-refractivity contribution is 6.04. The summed E-state index contributed by atoms with van der Waals surface area (Å²) in [6.07, 6.45) is 0. The Kier molecular flexibility index (Phi) is 3.94. The molecule has 0 bridgehead atoms. The van der Waals surface area contributed by atoms with Crippen LogP contribution in [-0.2, 0) is 0 Å². The molecule has 0 aromatic heterocycles. The van der Waals surface area contributed by atoms with Crippen molar-refractivity contribution in [1.29, 1.82) is 0 Å². The van der Waals surface area contributed by atoms with Gasteiger partial charge in [0.2, 0.25) is 0 Å². The molecule has 2 aromatic rings. The highest BCUT2D eigenvalue weighted by Gasteiger charge is 2.08. The molecule has 0 radical (unpaired) electrons. The zero-order valence-corrected chi connectivity index (χ0v) is 11.9. The largest absolute Gasteiger partial charge is 0.495 e. The number of nitrogens with one attached hydrogen (secondary N) is 1. The summed E-state index contributed by atoms with van der Waals surface area (Å²) in [5.74, 6) is 0.395. The summed E-state index contributed by atoms with van der Waals surface area (Å²) >= 11 is 0. The summed E-state index contributed by atoms with van der Waals surface area (Å²) in [5, 5.41) is 2.84. The van der Waals surface area contributed by atoms with Crippen LogP contribution in [0, 0.1) is 13.8 Å². The second kappa shape index (κ2) is 5.65. The van der Waals surface area contributed by atoms with Crippen LogP contribution in [0.25, 0.3) is 0 Å². The highest BCUT2D eigenvalue weighted by Crippen LogP contribution is 2.25. The van der Waals surface area contributed by atoms with E-state index in [1.165, 1.54) is 0 Å². The maximum atomic E-state index is 12.2. The van der Waals surface area contributed by atoms with Crippen LogP contribution in [-0.4, -0.2) is 13.0 Å². The SMILES string of the molecule is COc1cc(NC(=O)c2cc(C)cc(C)c2)ccc1N. The van der Waals surface area contributed by atoms with Gasteiger partial charge in [-0.25, -0.2) is 0 Å². The minimum Gasteiger partial charge on any atom is -0.495 e. The lowest BCUT2D eigenvalue weighted by Gasteiger charge is -2.10. The Morgan fingerprint density at radius 1 is 1.10 bits per heavy atom. The van der Waals surface area contributed by atoms with Crippen molar-refractivity contribution in [2.24, 2.45) is 0 Å². The van der Waals surface area contributed by atoms with E-state index in [1.807, 2.05) is 32.0 Å². The van der Waals surface area contributed by atoms with Gasteiger partial charge in [-0.05, 0) is 38.1 Å². The first kappa shape index (κ1) is 13.9. The van der Waals surface area contributed by atoms with Crippen LogP contribution in [0.3, 0.4) is 0 Å². The zero-order valence-electron chi connectivity index (χ0n) is 11.9. The van der Waals surface area contributed by atoms with Crippen LogP contribution in [0.4, 0.5) is 11.4 Å². The molecular formula is C16H18N2O2. The van der Waals surface area contributed by atoms with E-state index in [2.05, 4.69) is 5.32 Å². The van der Waals surface area contributed by atoms with Crippen LogP contribution < -0.4 is 15.8 Å². The van der Waals surface area contributed by atoms with Crippen LogP contribution in [0.15, 0.2) is 36.4 Å². The Balaban J connectivity index is 2.23. The number of rotatable bonds is 3. The number of amides is 1. The van der Waals surface area contributed by atoms with E-state index in [9.17, 15) is 4.79 Å². The number of aryl methyl sites for hydroxylation is 2. The van der Waals surface area contributed by atoms with E-state index in [0.29, 0.717) is 22.7 Å². The fourth-order valence-corrected chi connectivity index (χ4v) is 2.10. The lowest BCUT2D eigenvalue weighted by Crippen LogP contribution is -2.12. The van der Waals surface area contributed by atoms with Gasteiger partial charge in [-0.15, -0.1) is 0 Å². The third-order valence-corrected chi connectivity index (χ3v) is 2.98. The van der Waals surface area contributed by atoms with Crippen molar-refractivity contribution < 1.29 is 9.53 Å². The van der Waals surface area contributed by atoms with Gasteiger partial charge in [0.15, 0.2) is 0 Å². The number of carbonyl (C=O) groups excluding carboxylic acids is 1. The van der Waals surface area contributed by atoms with E-state index >= 15 is 0 Å². The molecule has 1 amide bonds. The first-order chi connectivity index (χ1) is 9.49. The normalized spacial score (nSPS) is 10.2. The zero-order chi connectivity index (χ0) is 14.7. The van der Waals surface area contributed by atoms with E-state index < -0.39 is 0 Å². The predicted molar refractivity (Wildman–Crippen MR) is 81.3 cm³/mol. The molecule has 0 aliphatic rings. The topological polar surface area (TPSA) is 64.3 Å².